The number of carbonyl (C=O) groups excluding carboxylic acids is 1. The van der Waals surface area contributed by atoms with Crippen LogP contribution in [-0.2, 0) is 17.4 Å². The summed E-state index contributed by atoms with van der Waals surface area (Å²) in [6.07, 6.45) is -4.26. The summed E-state index contributed by atoms with van der Waals surface area (Å²) in [6, 6.07) is 9.66. The van der Waals surface area contributed by atoms with Gasteiger partial charge in [0, 0.05) is 12.5 Å². The van der Waals surface area contributed by atoms with Gasteiger partial charge in [-0.1, -0.05) is 18.2 Å². The van der Waals surface area contributed by atoms with Gasteiger partial charge in [-0.15, -0.1) is 0 Å². The number of rotatable bonds is 5. The molecule has 0 unspecified atom stereocenters. The van der Waals surface area contributed by atoms with E-state index in [4.69, 9.17) is 4.74 Å². The standard InChI is InChI=1S/C16H12F3NO4/c17-16(18,19)12-7-4-11(5-8-12)6-9-15(21)24-14-3-1-2-13(10-14)20(22)23/h1-5,7-8,10H,6,9H2. The van der Waals surface area contributed by atoms with E-state index >= 15 is 0 Å². The van der Waals surface area contributed by atoms with Crippen LogP contribution in [0.25, 0.3) is 0 Å². The molecule has 0 aromatic heterocycles. The molecule has 0 aliphatic heterocycles. The van der Waals surface area contributed by atoms with Crippen molar-refractivity contribution >= 4 is 11.7 Å². The Morgan fingerprint density at radius 2 is 1.79 bits per heavy atom. The van der Waals surface area contributed by atoms with Gasteiger partial charge in [-0.25, -0.2) is 0 Å². The summed E-state index contributed by atoms with van der Waals surface area (Å²) in [4.78, 5) is 21.7. The Kier molecular flexibility index (Phi) is 5.18. The highest BCUT2D eigenvalue weighted by molar-refractivity contribution is 5.72. The summed E-state index contributed by atoms with van der Waals surface area (Å²) in [5.74, 6) is -0.586. The normalized spacial score (nSPS) is 11.1. The number of ether oxygens (including phenoxy) is 1. The molecule has 0 aliphatic carbocycles. The number of aryl methyl sites for hydroxylation is 1. The Labute approximate surface area is 134 Å². The van der Waals surface area contributed by atoms with Crippen molar-refractivity contribution in [3.8, 4) is 5.75 Å². The van der Waals surface area contributed by atoms with Gasteiger partial charge < -0.3 is 4.74 Å². The van der Waals surface area contributed by atoms with Crippen LogP contribution in [-0.4, -0.2) is 10.9 Å². The van der Waals surface area contributed by atoms with Gasteiger partial charge in [0.15, 0.2) is 0 Å². The quantitative estimate of drug-likeness (QED) is 0.355. The van der Waals surface area contributed by atoms with Crippen LogP contribution < -0.4 is 4.74 Å². The number of nitro groups is 1. The lowest BCUT2D eigenvalue weighted by atomic mass is 10.1. The highest BCUT2D eigenvalue weighted by Crippen LogP contribution is 2.29. The largest absolute Gasteiger partial charge is 0.426 e. The third kappa shape index (κ3) is 4.80. The van der Waals surface area contributed by atoms with Crippen molar-refractivity contribution in [1.82, 2.24) is 0 Å². The fourth-order valence-corrected chi connectivity index (χ4v) is 1.95. The molecule has 0 N–H and O–H groups in total. The number of nitro benzene ring substituents is 1. The Morgan fingerprint density at radius 3 is 2.38 bits per heavy atom. The maximum Gasteiger partial charge on any atom is 0.416 e. The number of alkyl halides is 3. The molecule has 0 heterocycles. The van der Waals surface area contributed by atoms with Gasteiger partial charge in [-0.05, 0) is 30.2 Å². The second-order valence-electron chi connectivity index (χ2n) is 4.92. The summed E-state index contributed by atoms with van der Waals surface area (Å²) < 4.78 is 42.3. The SMILES string of the molecule is O=C(CCc1ccc(C(F)(F)F)cc1)Oc1cccc([N+](=O)[O-])c1. The Balaban J connectivity index is 1.91. The van der Waals surface area contributed by atoms with E-state index in [9.17, 15) is 28.1 Å². The fraction of sp³-hybridized carbons (Fsp3) is 0.188. The van der Waals surface area contributed by atoms with Gasteiger partial charge in [0.05, 0.1) is 16.6 Å². The second-order valence-corrected chi connectivity index (χ2v) is 4.92. The van der Waals surface area contributed by atoms with E-state index in [1.54, 1.807) is 0 Å². The lowest BCUT2D eigenvalue weighted by Crippen LogP contribution is -2.09. The molecule has 126 valence electrons. The average molecular weight is 339 g/mol. The molecule has 24 heavy (non-hydrogen) atoms. The molecule has 0 radical (unpaired) electrons. The van der Waals surface area contributed by atoms with E-state index in [1.165, 1.54) is 30.3 Å². The predicted molar refractivity (Wildman–Crippen MR) is 78.5 cm³/mol. The van der Waals surface area contributed by atoms with Crippen LogP contribution in [0.3, 0.4) is 0 Å². The molecule has 0 saturated carbocycles. The summed E-state index contributed by atoms with van der Waals surface area (Å²) in [7, 11) is 0. The highest BCUT2D eigenvalue weighted by Gasteiger charge is 2.29. The summed E-state index contributed by atoms with van der Waals surface area (Å²) in [6.45, 7) is 0. The number of non-ortho nitro benzene ring substituents is 1. The Hall–Kier alpha value is -2.90. The Morgan fingerprint density at radius 1 is 1.12 bits per heavy atom. The van der Waals surface area contributed by atoms with E-state index in [0.29, 0.717) is 5.56 Å². The molecule has 0 amide bonds. The Bertz CT molecular complexity index is 742. The van der Waals surface area contributed by atoms with Gasteiger partial charge in [-0.3, -0.25) is 14.9 Å². The topological polar surface area (TPSA) is 69.4 Å². The second kappa shape index (κ2) is 7.12. The monoisotopic (exact) mass is 339 g/mol. The van der Waals surface area contributed by atoms with E-state index < -0.39 is 22.6 Å². The summed E-state index contributed by atoms with van der Waals surface area (Å²) in [5.41, 5.74) is -0.410. The number of esters is 1. The van der Waals surface area contributed by atoms with Crippen LogP contribution in [0.1, 0.15) is 17.5 Å². The highest BCUT2D eigenvalue weighted by atomic mass is 19.4. The van der Waals surface area contributed by atoms with Crippen molar-refractivity contribution in [2.75, 3.05) is 0 Å². The molecule has 0 saturated heterocycles. The molecule has 0 bridgehead atoms. The van der Waals surface area contributed by atoms with Crippen molar-refractivity contribution in [1.29, 1.82) is 0 Å². The molecule has 0 spiro atoms. The molecule has 0 atom stereocenters. The lowest BCUT2D eigenvalue weighted by molar-refractivity contribution is -0.384. The van der Waals surface area contributed by atoms with Crippen LogP contribution in [0.2, 0.25) is 0 Å². The minimum atomic E-state index is -4.40. The smallest absolute Gasteiger partial charge is 0.416 e. The van der Waals surface area contributed by atoms with Gasteiger partial charge in [0.2, 0.25) is 0 Å². The molecular formula is C16H12F3NO4. The number of hydrogen-bond acceptors (Lipinski definition) is 4. The molecule has 8 heteroatoms. The zero-order chi connectivity index (χ0) is 17.7. The fourth-order valence-electron chi connectivity index (χ4n) is 1.95. The first kappa shape index (κ1) is 17.5. The van der Waals surface area contributed by atoms with Crippen LogP contribution >= 0.6 is 0 Å². The van der Waals surface area contributed by atoms with Gasteiger partial charge in [-0.2, -0.15) is 13.2 Å². The van der Waals surface area contributed by atoms with E-state index in [0.717, 1.165) is 18.2 Å². The van der Waals surface area contributed by atoms with Crippen LogP contribution in [0.5, 0.6) is 5.75 Å². The lowest BCUT2D eigenvalue weighted by Gasteiger charge is -2.08. The van der Waals surface area contributed by atoms with E-state index in [-0.39, 0.29) is 24.3 Å². The van der Waals surface area contributed by atoms with Crippen molar-refractivity contribution in [2.24, 2.45) is 0 Å². The minimum absolute atomic E-state index is 0.0432. The molecule has 2 rings (SSSR count). The van der Waals surface area contributed by atoms with Crippen molar-refractivity contribution in [3.63, 3.8) is 0 Å². The first-order valence-electron chi connectivity index (χ1n) is 6.87. The van der Waals surface area contributed by atoms with Gasteiger partial charge in [0.1, 0.15) is 5.75 Å². The van der Waals surface area contributed by atoms with Crippen molar-refractivity contribution < 1.29 is 27.6 Å². The number of carbonyl (C=O) groups is 1. The zero-order valence-corrected chi connectivity index (χ0v) is 12.2. The number of halogens is 3. The maximum atomic E-state index is 12.4. The first-order chi connectivity index (χ1) is 11.3. The van der Waals surface area contributed by atoms with Gasteiger partial charge in [0.25, 0.3) is 5.69 Å². The molecule has 2 aromatic carbocycles. The molecular weight excluding hydrogens is 327 g/mol. The van der Waals surface area contributed by atoms with Crippen molar-refractivity contribution in [2.45, 2.75) is 19.0 Å². The van der Waals surface area contributed by atoms with Crippen LogP contribution in [0.15, 0.2) is 48.5 Å². The van der Waals surface area contributed by atoms with Crippen LogP contribution in [0.4, 0.5) is 18.9 Å². The van der Waals surface area contributed by atoms with E-state index in [1.807, 2.05) is 0 Å². The van der Waals surface area contributed by atoms with Gasteiger partial charge >= 0.3 is 12.1 Å². The first-order valence-corrected chi connectivity index (χ1v) is 6.87. The number of nitrogens with zero attached hydrogens (tertiary/aromatic N) is 1. The van der Waals surface area contributed by atoms with Crippen LogP contribution in [0, 0.1) is 10.1 Å². The molecule has 0 fully saturated rings. The third-order valence-corrected chi connectivity index (χ3v) is 3.16. The number of hydrogen-bond donors (Lipinski definition) is 0. The minimum Gasteiger partial charge on any atom is -0.426 e. The molecule has 5 nitrogen and oxygen atoms in total. The zero-order valence-electron chi connectivity index (χ0n) is 12.2. The molecule has 0 aliphatic rings. The predicted octanol–water partition coefficient (Wildman–Crippen LogP) is 4.15. The molecule has 2 aromatic rings. The number of benzene rings is 2. The third-order valence-electron chi connectivity index (χ3n) is 3.16. The average Bonchev–Trinajstić information content (AvgIpc) is 2.53. The van der Waals surface area contributed by atoms with E-state index in [2.05, 4.69) is 0 Å². The maximum absolute atomic E-state index is 12.4. The summed E-state index contributed by atoms with van der Waals surface area (Å²) in [5, 5.41) is 10.6. The summed E-state index contributed by atoms with van der Waals surface area (Å²) >= 11 is 0. The van der Waals surface area contributed by atoms with Crippen molar-refractivity contribution in [3.05, 3.63) is 69.8 Å².